The summed E-state index contributed by atoms with van der Waals surface area (Å²) in [7, 11) is 0. The quantitative estimate of drug-likeness (QED) is 0.486. The summed E-state index contributed by atoms with van der Waals surface area (Å²) in [4.78, 5) is 17.2. The summed E-state index contributed by atoms with van der Waals surface area (Å²) >= 11 is 0. The van der Waals surface area contributed by atoms with Crippen molar-refractivity contribution in [3.8, 4) is 11.4 Å². The fraction of sp³-hybridized carbons (Fsp3) is 0.318. The van der Waals surface area contributed by atoms with Crippen LogP contribution in [0.1, 0.15) is 31.4 Å². The van der Waals surface area contributed by atoms with Crippen molar-refractivity contribution < 1.29 is 5.11 Å². The van der Waals surface area contributed by atoms with Gasteiger partial charge in [-0.1, -0.05) is 30.3 Å². The van der Waals surface area contributed by atoms with Crippen LogP contribution in [0, 0.1) is 0 Å². The highest BCUT2D eigenvalue weighted by molar-refractivity contribution is 5.89. The van der Waals surface area contributed by atoms with E-state index in [-0.39, 0.29) is 6.10 Å². The molecule has 1 aliphatic carbocycles. The van der Waals surface area contributed by atoms with Crippen LogP contribution in [0.3, 0.4) is 0 Å². The molecule has 1 fully saturated rings. The molecule has 7 nitrogen and oxygen atoms in total. The molecule has 7 heteroatoms. The molecule has 3 heterocycles. The monoisotopic (exact) mass is 388 g/mol. The highest BCUT2D eigenvalue weighted by Gasteiger charge is 2.21. The minimum absolute atomic E-state index is 0.174. The number of benzene rings is 1. The molecule has 29 heavy (non-hydrogen) atoms. The Balaban J connectivity index is 1.53. The molecule has 5 rings (SSSR count). The molecule has 1 saturated carbocycles. The Bertz CT molecular complexity index is 1080. The summed E-state index contributed by atoms with van der Waals surface area (Å²) in [6.07, 6.45) is 8.90. The van der Waals surface area contributed by atoms with Crippen LogP contribution in [-0.4, -0.2) is 41.8 Å². The third kappa shape index (κ3) is 3.86. The Morgan fingerprint density at radius 3 is 2.69 bits per heavy atom. The number of fused-ring (bicyclic) bond motifs is 1. The Kier molecular flexibility index (Phi) is 4.73. The van der Waals surface area contributed by atoms with E-state index in [4.69, 9.17) is 9.97 Å². The summed E-state index contributed by atoms with van der Waals surface area (Å²) in [5, 5.41) is 14.4. The lowest BCUT2D eigenvalue weighted by Gasteiger charge is -2.26. The Labute approximate surface area is 168 Å². The highest BCUT2D eigenvalue weighted by atomic mass is 16.3. The van der Waals surface area contributed by atoms with Gasteiger partial charge < -0.3 is 20.0 Å². The van der Waals surface area contributed by atoms with Gasteiger partial charge in [0, 0.05) is 29.7 Å². The molecule has 0 radical (unpaired) electrons. The van der Waals surface area contributed by atoms with Crippen molar-refractivity contribution in [2.24, 2.45) is 0 Å². The Morgan fingerprint density at radius 1 is 1.10 bits per heavy atom. The molecular weight excluding hydrogens is 364 g/mol. The van der Waals surface area contributed by atoms with E-state index < -0.39 is 0 Å². The summed E-state index contributed by atoms with van der Waals surface area (Å²) in [6, 6.07) is 12.5. The number of imidazole rings is 1. The van der Waals surface area contributed by atoms with E-state index in [2.05, 4.69) is 21.4 Å². The molecule has 1 aromatic carbocycles. The molecule has 0 bridgehead atoms. The van der Waals surface area contributed by atoms with E-state index in [0.29, 0.717) is 18.4 Å². The van der Waals surface area contributed by atoms with Gasteiger partial charge in [0.15, 0.2) is 5.82 Å². The van der Waals surface area contributed by atoms with Crippen molar-refractivity contribution in [1.29, 1.82) is 0 Å². The minimum Gasteiger partial charge on any atom is -0.393 e. The topological polar surface area (TPSA) is 91.6 Å². The van der Waals surface area contributed by atoms with Gasteiger partial charge >= 0.3 is 0 Å². The van der Waals surface area contributed by atoms with E-state index in [0.717, 1.165) is 53.8 Å². The molecule has 0 unspecified atom stereocenters. The van der Waals surface area contributed by atoms with Crippen LogP contribution in [0.2, 0.25) is 0 Å². The Hall–Kier alpha value is -3.19. The summed E-state index contributed by atoms with van der Waals surface area (Å²) in [5.41, 5.74) is 2.87. The maximum Gasteiger partial charge on any atom is 0.163 e. The molecule has 0 spiro atoms. The molecule has 0 atom stereocenters. The highest BCUT2D eigenvalue weighted by Crippen LogP contribution is 2.29. The average Bonchev–Trinajstić information content (AvgIpc) is 3.40. The zero-order valence-electron chi connectivity index (χ0n) is 16.1. The number of aromatic nitrogens is 5. The molecule has 0 aliphatic heterocycles. The van der Waals surface area contributed by atoms with Crippen molar-refractivity contribution in [2.75, 3.05) is 5.32 Å². The third-order valence-electron chi connectivity index (χ3n) is 5.52. The molecule has 0 saturated heterocycles. The first-order valence-corrected chi connectivity index (χ1v) is 10.1. The molecule has 3 aromatic heterocycles. The normalized spacial score (nSPS) is 19.5. The van der Waals surface area contributed by atoms with E-state index >= 15 is 0 Å². The standard InChI is InChI=1S/C22H24N6O/c29-18-8-6-16(7-9-18)24-21-19-12-17(13-28-11-10-23-14-28)25-22(19)27-20(26-21)15-4-2-1-3-5-15/h1-5,10-12,14,16,18,29H,6-9,13H2,(H2,24,25,26,27). The van der Waals surface area contributed by atoms with Gasteiger partial charge in [-0.2, -0.15) is 0 Å². The van der Waals surface area contributed by atoms with Crippen LogP contribution in [0.15, 0.2) is 55.1 Å². The fourth-order valence-corrected chi connectivity index (χ4v) is 3.97. The van der Waals surface area contributed by atoms with Crippen LogP contribution in [0.25, 0.3) is 22.4 Å². The number of aromatic amines is 1. The number of rotatable bonds is 5. The van der Waals surface area contributed by atoms with E-state index in [1.807, 2.05) is 41.1 Å². The molecule has 0 amide bonds. The first-order valence-electron chi connectivity index (χ1n) is 10.1. The maximum absolute atomic E-state index is 9.82. The largest absolute Gasteiger partial charge is 0.393 e. The van der Waals surface area contributed by atoms with Crippen molar-refractivity contribution in [2.45, 2.75) is 44.4 Å². The number of nitrogens with one attached hydrogen (secondary N) is 2. The number of aliphatic hydroxyl groups is 1. The maximum atomic E-state index is 9.82. The number of anilines is 1. The zero-order chi connectivity index (χ0) is 19.6. The number of hydrogen-bond acceptors (Lipinski definition) is 5. The van der Waals surface area contributed by atoms with Gasteiger partial charge in [0.25, 0.3) is 0 Å². The predicted molar refractivity (Wildman–Crippen MR) is 113 cm³/mol. The molecule has 4 aromatic rings. The molecule has 3 N–H and O–H groups in total. The van der Waals surface area contributed by atoms with Crippen molar-refractivity contribution in [3.05, 3.63) is 60.8 Å². The van der Waals surface area contributed by atoms with Crippen LogP contribution >= 0.6 is 0 Å². The van der Waals surface area contributed by atoms with Gasteiger partial charge in [-0.25, -0.2) is 15.0 Å². The lowest BCUT2D eigenvalue weighted by molar-refractivity contribution is 0.126. The smallest absolute Gasteiger partial charge is 0.163 e. The van der Waals surface area contributed by atoms with Crippen LogP contribution in [0.4, 0.5) is 5.82 Å². The van der Waals surface area contributed by atoms with Gasteiger partial charge in [-0.15, -0.1) is 0 Å². The van der Waals surface area contributed by atoms with E-state index in [9.17, 15) is 5.11 Å². The van der Waals surface area contributed by atoms with Gasteiger partial charge in [-0.3, -0.25) is 0 Å². The average molecular weight is 388 g/mol. The minimum atomic E-state index is -0.174. The van der Waals surface area contributed by atoms with Crippen LogP contribution in [0.5, 0.6) is 0 Å². The zero-order valence-corrected chi connectivity index (χ0v) is 16.1. The second-order valence-corrected chi connectivity index (χ2v) is 7.70. The van der Waals surface area contributed by atoms with Gasteiger partial charge in [0.2, 0.25) is 0 Å². The molecular formula is C22H24N6O. The second-order valence-electron chi connectivity index (χ2n) is 7.70. The molecule has 148 valence electrons. The summed E-state index contributed by atoms with van der Waals surface area (Å²) in [6.45, 7) is 0.700. The summed E-state index contributed by atoms with van der Waals surface area (Å²) < 4.78 is 2.02. The summed E-state index contributed by atoms with van der Waals surface area (Å²) in [5.74, 6) is 1.55. The second kappa shape index (κ2) is 7.67. The van der Waals surface area contributed by atoms with E-state index in [1.54, 1.807) is 12.5 Å². The third-order valence-corrected chi connectivity index (χ3v) is 5.52. The van der Waals surface area contributed by atoms with Crippen LogP contribution < -0.4 is 5.32 Å². The lowest BCUT2D eigenvalue weighted by Crippen LogP contribution is -2.28. The van der Waals surface area contributed by atoms with Crippen molar-refractivity contribution in [3.63, 3.8) is 0 Å². The number of nitrogens with zero attached hydrogens (tertiary/aromatic N) is 4. The lowest BCUT2D eigenvalue weighted by atomic mass is 9.93. The van der Waals surface area contributed by atoms with Gasteiger partial charge in [0.1, 0.15) is 11.5 Å². The fourth-order valence-electron chi connectivity index (χ4n) is 3.97. The first-order chi connectivity index (χ1) is 14.2. The van der Waals surface area contributed by atoms with E-state index in [1.165, 1.54) is 0 Å². The SMILES string of the molecule is OC1CCC(Nc2nc(-c3ccccc3)nc3[nH]c(Cn4ccnc4)cc23)CC1. The predicted octanol–water partition coefficient (Wildman–Crippen LogP) is 3.59. The van der Waals surface area contributed by atoms with Crippen molar-refractivity contribution >= 4 is 16.9 Å². The first kappa shape index (κ1) is 17.9. The van der Waals surface area contributed by atoms with Gasteiger partial charge in [-0.05, 0) is 31.7 Å². The van der Waals surface area contributed by atoms with Crippen molar-refractivity contribution in [1.82, 2.24) is 24.5 Å². The number of aliphatic hydroxyl groups excluding tert-OH is 1. The Morgan fingerprint density at radius 2 is 1.93 bits per heavy atom. The number of hydrogen-bond donors (Lipinski definition) is 3. The van der Waals surface area contributed by atoms with Gasteiger partial charge in [0.05, 0.1) is 24.4 Å². The molecule has 1 aliphatic rings. The van der Waals surface area contributed by atoms with Crippen LogP contribution in [-0.2, 0) is 6.54 Å². The number of H-pyrrole nitrogens is 1.